The molecule has 3 rings (SSSR count). The first-order chi connectivity index (χ1) is 9.67. The smallest absolute Gasteiger partial charge is 0.162 e. The Hall–Kier alpha value is -1.31. The van der Waals surface area contributed by atoms with Crippen molar-refractivity contribution in [2.24, 2.45) is 17.8 Å². The topological polar surface area (TPSA) is 20.3 Å². The lowest BCUT2D eigenvalue weighted by atomic mass is 9.88. The average Bonchev–Trinajstić information content (AvgIpc) is 3.09. The largest absolute Gasteiger partial charge is 0.374 e. The van der Waals surface area contributed by atoms with Gasteiger partial charge in [-0.3, -0.25) is 4.79 Å². The molecule has 20 heavy (non-hydrogen) atoms. The van der Waals surface area contributed by atoms with Crippen LogP contribution in [-0.2, 0) is 0 Å². The van der Waals surface area contributed by atoms with Crippen LogP contribution in [0.4, 0.5) is 5.69 Å². The Balaban J connectivity index is 1.62. The van der Waals surface area contributed by atoms with E-state index < -0.39 is 0 Å². The van der Waals surface area contributed by atoms with E-state index in [0.717, 1.165) is 23.3 Å². The molecular weight excluding hydrogens is 246 g/mol. The van der Waals surface area contributed by atoms with Gasteiger partial charge in [0.25, 0.3) is 0 Å². The first-order valence-electron chi connectivity index (χ1n) is 8.01. The molecule has 0 aliphatic heterocycles. The quantitative estimate of drug-likeness (QED) is 0.750. The maximum atomic E-state index is 11.6. The molecule has 0 N–H and O–H groups in total. The summed E-state index contributed by atoms with van der Waals surface area (Å²) in [5, 5.41) is 0. The van der Waals surface area contributed by atoms with Gasteiger partial charge >= 0.3 is 0 Å². The van der Waals surface area contributed by atoms with Gasteiger partial charge in [0.15, 0.2) is 5.78 Å². The maximum absolute atomic E-state index is 11.6. The van der Waals surface area contributed by atoms with E-state index in [1.165, 1.54) is 37.9 Å². The van der Waals surface area contributed by atoms with Gasteiger partial charge in [-0.25, -0.2) is 0 Å². The van der Waals surface area contributed by atoms with Crippen LogP contribution in [0.3, 0.4) is 0 Å². The van der Waals surface area contributed by atoms with Gasteiger partial charge in [-0.15, -0.1) is 0 Å². The number of ketones is 1. The summed E-state index contributed by atoms with van der Waals surface area (Å²) >= 11 is 0. The summed E-state index contributed by atoms with van der Waals surface area (Å²) in [5.41, 5.74) is 2.07. The van der Waals surface area contributed by atoms with Crippen LogP contribution in [0.15, 0.2) is 24.3 Å². The van der Waals surface area contributed by atoms with Crippen molar-refractivity contribution >= 4 is 11.5 Å². The second-order valence-electron chi connectivity index (χ2n) is 6.64. The second-order valence-corrected chi connectivity index (χ2v) is 6.64. The van der Waals surface area contributed by atoms with Gasteiger partial charge in [-0.05, 0) is 61.3 Å². The number of Topliss-reactive ketones (excluding diaryl/α,β-unsaturated/α-hetero) is 1. The lowest BCUT2D eigenvalue weighted by Crippen LogP contribution is -2.28. The minimum absolute atomic E-state index is 0.229. The van der Waals surface area contributed by atoms with Crippen molar-refractivity contribution < 1.29 is 4.79 Å². The van der Waals surface area contributed by atoms with Crippen LogP contribution in [0, 0.1) is 17.8 Å². The maximum Gasteiger partial charge on any atom is 0.162 e. The molecule has 2 nitrogen and oxygen atoms in total. The molecule has 1 aromatic carbocycles. The van der Waals surface area contributed by atoms with Crippen molar-refractivity contribution in [2.75, 3.05) is 18.5 Å². The summed E-state index contributed by atoms with van der Waals surface area (Å²) < 4.78 is 0. The van der Waals surface area contributed by atoms with Crippen LogP contribution in [0.2, 0.25) is 0 Å². The molecule has 2 saturated carbocycles. The molecule has 2 aliphatic carbocycles. The van der Waals surface area contributed by atoms with Crippen molar-refractivity contribution in [1.82, 2.24) is 0 Å². The predicted octanol–water partition coefficient (Wildman–Crippen LogP) is 4.15. The zero-order chi connectivity index (χ0) is 14.1. The third kappa shape index (κ3) is 2.61. The minimum atomic E-state index is 0.229. The first-order valence-corrected chi connectivity index (χ1v) is 8.01. The fourth-order valence-corrected chi connectivity index (χ4v) is 4.16. The Morgan fingerprint density at radius 1 is 1.20 bits per heavy atom. The molecule has 0 amide bonds. The van der Waals surface area contributed by atoms with E-state index >= 15 is 0 Å². The molecule has 0 saturated heterocycles. The Kier molecular flexibility index (Phi) is 3.82. The molecule has 2 fully saturated rings. The van der Waals surface area contributed by atoms with Crippen LogP contribution >= 0.6 is 0 Å². The highest BCUT2D eigenvalue weighted by atomic mass is 16.1. The van der Waals surface area contributed by atoms with E-state index in [4.69, 9.17) is 0 Å². The van der Waals surface area contributed by atoms with Gasteiger partial charge in [-0.1, -0.05) is 13.3 Å². The summed E-state index contributed by atoms with van der Waals surface area (Å²) in [6, 6.07) is 8.13. The zero-order valence-electron chi connectivity index (χ0n) is 12.6. The van der Waals surface area contributed by atoms with E-state index in [0.29, 0.717) is 6.42 Å². The molecule has 3 atom stereocenters. The fourth-order valence-electron chi connectivity index (χ4n) is 4.16. The van der Waals surface area contributed by atoms with E-state index in [1.54, 1.807) is 0 Å². The van der Waals surface area contributed by atoms with E-state index in [9.17, 15) is 4.79 Å². The van der Waals surface area contributed by atoms with Gasteiger partial charge in [0.1, 0.15) is 0 Å². The predicted molar refractivity (Wildman–Crippen MR) is 83.3 cm³/mol. The number of anilines is 1. The first kappa shape index (κ1) is 13.7. The highest BCUT2D eigenvalue weighted by Crippen LogP contribution is 2.48. The summed E-state index contributed by atoms with van der Waals surface area (Å²) in [4.78, 5) is 14.0. The molecule has 108 valence electrons. The molecule has 1 aromatic rings. The highest BCUT2D eigenvalue weighted by molar-refractivity contribution is 5.96. The lowest BCUT2D eigenvalue weighted by Gasteiger charge is -2.28. The molecule has 3 unspecified atom stereocenters. The number of nitrogens with zero attached hydrogens (tertiary/aromatic N) is 1. The second kappa shape index (κ2) is 5.59. The summed E-state index contributed by atoms with van der Waals surface area (Å²) in [5.74, 6) is 3.11. The van der Waals surface area contributed by atoms with Crippen LogP contribution in [0.1, 0.15) is 49.4 Å². The Morgan fingerprint density at radius 3 is 2.50 bits per heavy atom. The van der Waals surface area contributed by atoms with Crippen LogP contribution in [0.5, 0.6) is 0 Å². The average molecular weight is 271 g/mol. The number of fused-ring (bicyclic) bond motifs is 2. The monoisotopic (exact) mass is 271 g/mol. The number of rotatable bonds is 5. The van der Waals surface area contributed by atoms with Gasteiger partial charge in [0.05, 0.1) is 0 Å². The SMILES string of the molecule is CCC(=O)c1ccc(N(C)CC2CC3CCC2C3)cc1. The molecule has 0 radical (unpaired) electrons. The Morgan fingerprint density at radius 2 is 1.95 bits per heavy atom. The molecule has 0 heterocycles. The standard InChI is InChI=1S/C18H25NO/c1-3-18(20)14-6-8-17(9-7-14)19(2)12-16-11-13-4-5-15(16)10-13/h6-9,13,15-16H,3-5,10-12H2,1-2H3. The van der Waals surface area contributed by atoms with Crippen LogP contribution in [0.25, 0.3) is 0 Å². The number of benzene rings is 1. The van der Waals surface area contributed by atoms with E-state index in [1.807, 2.05) is 19.1 Å². The fraction of sp³-hybridized carbons (Fsp3) is 0.611. The van der Waals surface area contributed by atoms with Crippen molar-refractivity contribution in [2.45, 2.75) is 39.0 Å². The minimum Gasteiger partial charge on any atom is -0.374 e. The van der Waals surface area contributed by atoms with Gasteiger partial charge in [0.2, 0.25) is 0 Å². The number of carbonyl (C=O) groups excluding carboxylic acids is 1. The van der Waals surface area contributed by atoms with Gasteiger partial charge in [-0.2, -0.15) is 0 Å². The van der Waals surface area contributed by atoms with Crippen LogP contribution < -0.4 is 4.90 Å². The third-order valence-corrected chi connectivity index (χ3v) is 5.34. The summed E-state index contributed by atoms with van der Waals surface area (Å²) in [7, 11) is 2.18. The summed E-state index contributed by atoms with van der Waals surface area (Å²) in [6.07, 6.45) is 6.41. The Labute approximate surface area is 122 Å². The number of carbonyl (C=O) groups is 1. The molecule has 2 aliphatic rings. The Bertz CT molecular complexity index is 479. The molecule has 2 heteroatoms. The molecule has 0 spiro atoms. The molecular formula is C18H25NO. The number of hydrogen-bond donors (Lipinski definition) is 0. The normalized spacial score (nSPS) is 27.8. The van der Waals surface area contributed by atoms with Gasteiger partial charge < -0.3 is 4.90 Å². The zero-order valence-corrected chi connectivity index (χ0v) is 12.6. The van der Waals surface area contributed by atoms with Crippen LogP contribution in [-0.4, -0.2) is 19.4 Å². The van der Waals surface area contributed by atoms with E-state index in [-0.39, 0.29) is 5.78 Å². The van der Waals surface area contributed by atoms with Crippen molar-refractivity contribution in [3.05, 3.63) is 29.8 Å². The lowest BCUT2D eigenvalue weighted by molar-refractivity contribution is 0.0988. The van der Waals surface area contributed by atoms with Crippen molar-refractivity contribution in [3.8, 4) is 0 Å². The third-order valence-electron chi connectivity index (χ3n) is 5.34. The van der Waals surface area contributed by atoms with E-state index in [2.05, 4.69) is 24.1 Å². The van der Waals surface area contributed by atoms with Crippen molar-refractivity contribution in [1.29, 1.82) is 0 Å². The van der Waals surface area contributed by atoms with Gasteiger partial charge in [0, 0.05) is 31.3 Å². The number of hydrogen-bond acceptors (Lipinski definition) is 2. The summed E-state index contributed by atoms with van der Waals surface area (Å²) in [6.45, 7) is 3.08. The molecule has 0 aromatic heterocycles. The highest BCUT2D eigenvalue weighted by Gasteiger charge is 2.39. The molecule has 2 bridgehead atoms. The van der Waals surface area contributed by atoms with Crippen molar-refractivity contribution in [3.63, 3.8) is 0 Å².